The molecule has 0 aromatic heterocycles. The molecule has 2 aliphatic rings. The van der Waals surface area contributed by atoms with Gasteiger partial charge in [-0.15, -0.1) is 0 Å². The smallest absolute Gasteiger partial charge is 0.144 e. The molecule has 2 rings (SSSR count). The van der Waals surface area contributed by atoms with E-state index < -0.39 is 11.0 Å². The Morgan fingerprint density at radius 2 is 1.86 bits per heavy atom. The zero-order valence-corrected chi connectivity index (χ0v) is 10.0. The van der Waals surface area contributed by atoms with Crippen molar-refractivity contribution >= 4 is 17.2 Å². The van der Waals surface area contributed by atoms with Crippen LogP contribution in [-0.2, 0) is 11.0 Å². The van der Waals surface area contributed by atoms with Gasteiger partial charge < -0.3 is 0 Å². The summed E-state index contributed by atoms with van der Waals surface area (Å²) in [7, 11) is -1.06. The summed E-state index contributed by atoms with van der Waals surface area (Å²) in [5.74, 6) is 2.58. The van der Waals surface area contributed by atoms with Crippen molar-refractivity contribution in [1.82, 2.24) is 0 Å². The molecule has 2 saturated carbocycles. The number of hydrogen-bond acceptors (Lipinski definition) is 1. The lowest BCUT2D eigenvalue weighted by Crippen LogP contribution is -2.20. The first-order valence-corrected chi connectivity index (χ1v) is 6.53. The highest BCUT2D eigenvalue weighted by Crippen LogP contribution is 2.53. The molecule has 1 unspecified atom stereocenters. The first kappa shape index (κ1) is 10.3. The summed E-state index contributed by atoms with van der Waals surface area (Å²) in [6.45, 7) is 5.89. The summed E-state index contributed by atoms with van der Waals surface area (Å²) < 4.78 is 15.6. The van der Waals surface area contributed by atoms with Gasteiger partial charge in [-0.25, -0.2) is 4.21 Å². The van der Waals surface area contributed by atoms with Crippen LogP contribution in [0.5, 0.6) is 0 Å². The van der Waals surface area contributed by atoms with Crippen LogP contribution in [0.25, 0.3) is 0 Å². The quantitative estimate of drug-likeness (QED) is 0.651. The maximum atomic E-state index is 11.6. The average molecular weight is 215 g/mol. The van der Waals surface area contributed by atoms with Crippen LogP contribution in [0.3, 0.4) is 0 Å². The SMILES string of the molecule is CC(C)(C)[S@@](=O)/N=C/C1C[C@@H]2C[C@@H]2C1.[HH]. The summed E-state index contributed by atoms with van der Waals surface area (Å²) in [6, 6.07) is 0. The van der Waals surface area contributed by atoms with Crippen LogP contribution in [0.2, 0.25) is 0 Å². The van der Waals surface area contributed by atoms with Crippen molar-refractivity contribution in [3.05, 3.63) is 0 Å². The van der Waals surface area contributed by atoms with E-state index in [1.165, 1.54) is 19.3 Å². The Bertz CT molecular complexity index is 275. The first-order chi connectivity index (χ1) is 6.47. The number of nitrogens with zero attached hydrogens (tertiary/aromatic N) is 1. The molecule has 0 radical (unpaired) electrons. The van der Waals surface area contributed by atoms with E-state index in [-0.39, 0.29) is 6.17 Å². The van der Waals surface area contributed by atoms with Gasteiger partial charge in [0, 0.05) is 7.64 Å². The van der Waals surface area contributed by atoms with E-state index >= 15 is 0 Å². The Morgan fingerprint density at radius 3 is 2.36 bits per heavy atom. The van der Waals surface area contributed by atoms with Crippen LogP contribution in [-0.4, -0.2) is 15.2 Å². The lowest BCUT2D eigenvalue weighted by Gasteiger charge is -2.13. The number of fused-ring (bicyclic) bond motifs is 1. The third kappa shape index (κ3) is 2.25. The molecule has 3 heteroatoms. The third-order valence-electron chi connectivity index (χ3n) is 3.17. The summed E-state index contributed by atoms with van der Waals surface area (Å²) in [6.07, 6.45) is 5.96. The second-order valence-corrected chi connectivity index (χ2v) is 7.54. The van der Waals surface area contributed by atoms with Crippen LogP contribution in [0.15, 0.2) is 4.40 Å². The van der Waals surface area contributed by atoms with Crippen LogP contribution in [0.4, 0.5) is 0 Å². The fourth-order valence-electron chi connectivity index (χ4n) is 2.18. The molecule has 0 heterocycles. The van der Waals surface area contributed by atoms with Crippen molar-refractivity contribution in [1.29, 1.82) is 0 Å². The second kappa shape index (κ2) is 3.44. The largest absolute Gasteiger partial charge is 0.234 e. The van der Waals surface area contributed by atoms with Gasteiger partial charge in [0.15, 0.2) is 0 Å². The van der Waals surface area contributed by atoms with Crippen LogP contribution < -0.4 is 0 Å². The fourth-order valence-corrected chi connectivity index (χ4v) is 2.78. The topological polar surface area (TPSA) is 29.4 Å². The van der Waals surface area contributed by atoms with E-state index in [2.05, 4.69) is 4.40 Å². The molecule has 14 heavy (non-hydrogen) atoms. The Balaban J connectivity index is 0.00000112. The predicted octanol–water partition coefficient (Wildman–Crippen LogP) is 2.81. The van der Waals surface area contributed by atoms with E-state index in [1.807, 2.05) is 27.0 Å². The summed E-state index contributed by atoms with van der Waals surface area (Å²) >= 11 is 0. The van der Waals surface area contributed by atoms with E-state index in [0.29, 0.717) is 5.92 Å². The van der Waals surface area contributed by atoms with Gasteiger partial charge in [0.25, 0.3) is 0 Å². The van der Waals surface area contributed by atoms with Crippen molar-refractivity contribution < 1.29 is 5.64 Å². The minimum absolute atomic E-state index is 0. The Kier molecular flexibility index (Phi) is 2.54. The molecular weight excluding hydrogens is 194 g/mol. The molecule has 0 aromatic carbocycles. The van der Waals surface area contributed by atoms with Crippen molar-refractivity contribution in [2.24, 2.45) is 22.2 Å². The molecular formula is C11H21NOS. The van der Waals surface area contributed by atoms with Crippen LogP contribution in [0, 0.1) is 17.8 Å². The van der Waals surface area contributed by atoms with Gasteiger partial charge >= 0.3 is 0 Å². The normalized spacial score (nSPS) is 38.6. The Morgan fingerprint density at radius 1 is 1.29 bits per heavy atom. The summed E-state index contributed by atoms with van der Waals surface area (Å²) in [5.41, 5.74) is 0. The highest BCUT2D eigenvalue weighted by atomic mass is 32.2. The van der Waals surface area contributed by atoms with Gasteiger partial charge in [0.2, 0.25) is 0 Å². The standard InChI is InChI=1S/C11H19NOS.H2/c1-11(2,3)14(13)12-7-8-4-9-6-10(9)5-8;/h7-10H,4-6H2,1-3H3;1H/b12-7+;/t8?,9-,10+,14-;/m1./s1. The summed E-state index contributed by atoms with van der Waals surface area (Å²) in [5, 5.41) is 0. The maximum absolute atomic E-state index is 11.6. The van der Waals surface area contributed by atoms with Crippen molar-refractivity contribution in [3.8, 4) is 0 Å². The van der Waals surface area contributed by atoms with Gasteiger partial charge in [0.1, 0.15) is 11.0 Å². The minimum Gasteiger partial charge on any atom is -0.234 e. The van der Waals surface area contributed by atoms with Gasteiger partial charge in [-0.3, -0.25) is 0 Å². The predicted molar refractivity (Wildman–Crippen MR) is 62.8 cm³/mol. The molecule has 2 nitrogen and oxygen atoms in total. The molecule has 2 fully saturated rings. The van der Waals surface area contributed by atoms with E-state index in [0.717, 1.165) is 11.8 Å². The van der Waals surface area contributed by atoms with Gasteiger partial charge in [0.05, 0.1) is 4.75 Å². The Labute approximate surface area is 90.3 Å². The summed E-state index contributed by atoms with van der Waals surface area (Å²) in [4.78, 5) is 0. The molecule has 0 saturated heterocycles. The van der Waals surface area contributed by atoms with Crippen LogP contribution in [0.1, 0.15) is 41.5 Å². The molecule has 0 aliphatic heterocycles. The average Bonchev–Trinajstić information content (AvgIpc) is 2.68. The molecule has 2 aliphatic carbocycles. The Hall–Kier alpha value is -0.180. The molecule has 4 atom stereocenters. The monoisotopic (exact) mass is 215 g/mol. The molecule has 0 spiro atoms. The van der Waals surface area contributed by atoms with Crippen molar-refractivity contribution in [2.75, 3.05) is 0 Å². The number of hydrogen-bond donors (Lipinski definition) is 0. The van der Waals surface area contributed by atoms with Gasteiger partial charge in [-0.1, -0.05) is 0 Å². The lowest BCUT2D eigenvalue weighted by molar-refractivity contribution is 0.632. The fraction of sp³-hybridized carbons (Fsp3) is 0.909. The minimum atomic E-state index is -1.06. The number of rotatable bonds is 2. The maximum Gasteiger partial charge on any atom is 0.144 e. The molecule has 0 N–H and O–H groups in total. The van der Waals surface area contributed by atoms with Crippen molar-refractivity contribution in [3.63, 3.8) is 0 Å². The highest BCUT2D eigenvalue weighted by Gasteiger charge is 2.45. The van der Waals surface area contributed by atoms with Gasteiger partial charge in [-0.2, -0.15) is 4.40 Å². The van der Waals surface area contributed by atoms with Crippen LogP contribution >= 0.6 is 0 Å². The van der Waals surface area contributed by atoms with Crippen molar-refractivity contribution in [2.45, 2.75) is 44.8 Å². The lowest BCUT2D eigenvalue weighted by atomic mass is 10.1. The molecule has 0 bridgehead atoms. The van der Waals surface area contributed by atoms with Gasteiger partial charge in [-0.05, 0) is 57.8 Å². The zero-order chi connectivity index (χ0) is 10.3. The van der Waals surface area contributed by atoms with E-state index in [4.69, 9.17) is 0 Å². The first-order valence-electron chi connectivity index (χ1n) is 5.43. The highest BCUT2D eigenvalue weighted by molar-refractivity contribution is 7.85. The van der Waals surface area contributed by atoms with E-state index in [9.17, 15) is 4.21 Å². The molecule has 82 valence electrons. The molecule has 0 aromatic rings. The third-order valence-corrected chi connectivity index (χ3v) is 4.53. The molecule has 0 amide bonds. The van der Waals surface area contributed by atoms with E-state index in [1.54, 1.807) is 0 Å². The second-order valence-electron chi connectivity index (χ2n) is 5.60. The zero-order valence-electron chi connectivity index (χ0n) is 9.19.